The molecule has 1 heterocycles. The van der Waals surface area contributed by atoms with E-state index in [1.54, 1.807) is 18.4 Å². The van der Waals surface area contributed by atoms with E-state index >= 15 is 0 Å². The molecule has 0 saturated heterocycles. The maximum Gasteiger partial charge on any atom is 0.303 e. The van der Waals surface area contributed by atoms with Crippen LogP contribution in [0.1, 0.15) is 18.5 Å². The maximum atomic E-state index is 10.4. The van der Waals surface area contributed by atoms with Gasteiger partial charge < -0.3 is 14.8 Å². The van der Waals surface area contributed by atoms with E-state index in [0.29, 0.717) is 30.4 Å². The van der Waals surface area contributed by atoms with Crippen LogP contribution in [-0.2, 0) is 11.3 Å². The summed E-state index contributed by atoms with van der Waals surface area (Å²) in [5, 5.41) is 12.3. The van der Waals surface area contributed by atoms with Crippen molar-refractivity contribution in [3.8, 4) is 11.5 Å². The zero-order valence-corrected chi connectivity index (χ0v) is 11.6. The number of nitrogens with one attached hydrogen (secondary N) is 1. The second-order valence-electron chi connectivity index (χ2n) is 4.32. The molecular weight excluding hydrogens is 280 g/mol. The summed E-state index contributed by atoms with van der Waals surface area (Å²) in [7, 11) is 0. The number of aromatic nitrogens is 1. The minimum atomic E-state index is -0.779. The monoisotopic (exact) mass is 294 g/mol. The van der Waals surface area contributed by atoms with E-state index in [1.165, 1.54) is 0 Å². The van der Waals surface area contributed by atoms with E-state index < -0.39 is 5.97 Å². The van der Waals surface area contributed by atoms with Gasteiger partial charge in [-0.2, -0.15) is 0 Å². The van der Waals surface area contributed by atoms with E-state index in [1.807, 2.05) is 12.1 Å². The van der Waals surface area contributed by atoms with Gasteiger partial charge in [-0.05, 0) is 37.2 Å². The quantitative estimate of drug-likeness (QED) is 0.768. The first kappa shape index (κ1) is 14.6. The van der Waals surface area contributed by atoms with Crippen molar-refractivity contribution in [1.82, 2.24) is 10.3 Å². The van der Waals surface area contributed by atoms with Crippen LogP contribution in [0.25, 0.3) is 11.5 Å². The first-order valence-corrected chi connectivity index (χ1v) is 6.66. The van der Waals surface area contributed by atoms with Gasteiger partial charge in [0.15, 0.2) is 0 Å². The van der Waals surface area contributed by atoms with Crippen LogP contribution in [-0.4, -0.2) is 22.6 Å². The first-order valence-electron chi connectivity index (χ1n) is 6.28. The normalized spacial score (nSPS) is 10.7. The number of nitrogens with zero attached hydrogens (tertiary/aromatic N) is 1. The van der Waals surface area contributed by atoms with Gasteiger partial charge in [0.05, 0.1) is 5.69 Å². The summed E-state index contributed by atoms with van der Waals surface area (Å²) in [6.07, 6.45) is 2.35. The second-order valence-corrected chi connectivity index (χ2v) is 4.76. The number of rotatable bonds is 7. The van der Waals surface area contributed by atoms with Crippen LogP contribution in [0.3, 0.4) is 0 Å². The number of hydrogen-bond donors (Lipinski definition) is 2. The molecule has 0 aliphatic rings. The Balaban J connectivity index is 1.83. The van der Waals surface area contributed by atoms with Gasteiger partial charge in [0.2, 0.25) is 5.89 Å². The second kappa shape index (κ2) is 7.07. The third-order valence-corrected chi connectivity index (χ3v) is 2.95. The third-order valence-electron chi connectivity index (χ3n) is 2.69. The molecule has 106 valence electrons. The average molecular weight is 295 g/mol. The van der Waals surface area contributed by atoms with Crippen molar-refractivity contribution in [2.45, 2.75) is 19.4 Å². The standard InChI is InChI=1S/C14H15ClN2O3/c15-11-5-3-10(4-6-11)14-17-12(9-20-14)8-16-7-1-2-13(18)19/h3-6,9,16H,1-2,7-8H2,(H,18,19). The zero-order valence-electron chi connectivity index (χ0n) is 10.8. The number of aliphatic carboxylic acids is 1. The van der Waals surface area contributed by atoms with Gasteiger partial charge in [-0.25, -0.2) is 4.98 Å². The molecule has 2 N–H and O–H groups in total. The van der Waals surface area contributed by atoms with Gasteiger partial charge >= 0.3 is 5.97 Å². The minimum absolute atomic E-state index is 0.168. The van der Waals surface area contributed by atoms with Crippen molar-refractivity contribution in [3.63, 3.8) is 0 Å². The summed E-state index contributed by atoms with van der Waals surface area (Å²) in [4.78, 5) is 14.7. The predicted molar refractivity (Wildman–Crippen MR) is 75.5 cm³/mol. The molecule has 0 aliphatic carbocycles. The van der Waals surface area contributed by atoms with Gasteiger partial charge in [-0.3, -0.25) is 4.79 Å². The van der Waals surface area contributed by atoms with Crippen LogP contribution in [0.5, 0.6) is 0 Å². The SMILES string of the molecule is O=C(O)CCCNCc1coc(-c2ccc(Cl)cc2)n1. The molecule has 0 unspecified atom stereocenters. The van der Waals surface area contributed by atoms with Crippen molar-refractivity contribution in [2.24, 2.45) is 0 Å². The molecule has 5 nitrogen and oxygen atoms in total. The Labute approximate surface area is 121 Å². The smallest absolute Gasteiger partial charge is 0.303 e. The van der Waals surface area contributed by atoms with Crippen LogP contribution in [0.2, 0.25) is 5.02 Å². The van der Waals surface area contributed by atoms with Gasteiger partial charge in [-0.1, -0.05) is 11.6 Å². The molecular formula is C14H15ClN2O3. The van der Waals surface area contributed by atoms with E-state index in [0.717, 1.165) is 11.3 Å². The van der Waals surface area contributed by atoms with E-state index in [4.69, 9.17) is 21.1 Å². The highest BCUT2D eigenvalue weighted by Crippen LogP contribution is 2.20. The van der Waals surface area contributed by atoms with Crippen molar-refractivity contribution < 1.29 is 14.3 Å². The lowest BCUT2D eigenvalue weighted by atomic mass is 10.2. The van der Waals surface area contributed by atoms with Crippen LogP contribution in [0.4, 0.5) is 0 Å². The molecule has 0 aliphatic heterocycles. The fourth-order valence-electron chi connectivity index (χ4n) is 1.69. The topological polar surface area (TPSA) is 75.4 Å². The summed E-state index contributed by atoms with van der Waals surface area (Å²) >= 11 is 5.82. The summed E-state index contributed by atoms with van der Waals surface area (Å²) in [5.74, 6) is -0.234. The molecule has 6 heteroatoms. The Hall–Kier alpha value is -1.85. The molecule has 0 spiro atoms. The molecule has 1 aromatic heterocycles. The summed E-state index contributed by atoms with van der Waals surface area (Å²) in [5.41, 5.74) is 1.65. The van der Waals surface area contributed by atoms with Crippen molar-refractivity contribution in [3.05, 3.63) is 41.2 Å². The molecule has 2 aromatic rings. The molecule has 20 heavy (non-hydrogen) atoms. The minimum Gasteiger partial charge on any atom is -0.481 e. The largest absolute Gasteiger partial charge is 0.481 e. The summed E-state index contributed by atoms with van der Waals surface area (Å²) in [6.45, 7) is 1.19. The van der Waals surface area contributed by atoms with Crippen LogP contribution in [0, 0.1) is 0 Å². The summed E-state index contributed by atoms with van der Waals surface area (Å²) in [6, 6.07) is 7.26. The fourth-order valence-corrected chi connectivity index (χ4v) is 1.82. The number of carbonyl (C=O) groups is 1. The van der Waals surface area contributed by atoms with Gasteiger partial charge in [-0.15, -0.1) is 0 Å². The molecule has 2 rings (SSSR count). The number of carboxylic acids is 1. The van der Waals surface area contributed by atoms with Crippen molar-refractivity contribution >= 4 is 17.6 Å². The average Bonchev–Trinajstić information content (AvgIpc) is 2.87. The number of carboxylic acid groups (broad SMARTS) is 1. The highest BCUT2D eigenvalue weighted by Gasteiger charge is 2.06. The Kier molecular flexibility index (Phi) is 5.15. The predicted octanol–water partition coefficient (Wildman–Crippen LogP) is 2.95. The molecule has 0 radical (unpaired) electrons. The lowest BCUT2D eigenvalue weighted by Crippen LogP contribution is -2.15. The zero-order chi connectivity index (χ0) is 14.4. The Morgan fingerprint density at radius 3 is 2.80 bits per heavy atom. The number of oxazole rings is 1. The Bertz CT molecular complexity index is 566. The number of hydrogen-bond acceptors (Lipinski definition) is 4. The van der Waals surface area contributed by atoms with Gasteiger partial charge in [0.1, 0.15) is 6.26 Å². The van der Waals surface area contributed by atoms with Crippen LogP contribution < -0.4 is 5.32 Å². The molecule has 0 bridgehead atoms. The first-order chi connectivity index (χ1) is 9.65. The highest BCUT2D eigenvalue weighted by atomic mass is 35.5. The summed E-state index contributed by atoms with van der Waals surface area (Å²) < 4.78 is 5.40. The van der Waals surface area contributed by atoms with E-state index in [-0.39, 0.29) is 6.42 Å². The Morgan fingerprint density at radius 2 is 2.10 bits per heavy atom. The highest BCUT2D eigenvalue weighted by molar-refractivity contribution is 6.30. The molecule has 0 saturated carbocycles. The molecule has 1 aromatic carbocycles. The van der Waals surface area contributed by atoms with Crippen LogP contribution in [0.15, 0.2) is 34.9 Å². The lowest BCUT2D eigenvalue weighted by molar-refractivity contribution is -0.137. The maximum absolute atomic E-state index is 10.4. The third kappa shape index (κ3) is 4.36. The van der Waals surface area contributed by atoms with Crippen molar-refractivity contribution in [2.75, 3.05) is 6.54 Å². The molecule has 0 amide bonds. The van der Waals surface area contributed by atoms with Gasteiger partial charge in [0, 0.05) is 23.6 Å². The Morgan fingerprint density at radius 1 is 1.35 bits per heavy atom. The van der Waals surface area contributed by atoms with Gasteiger partial charge in [0.25, 0.3) is 0 Å². The van der Waals surface area contributed by atoms with E-state index in [9.17, 15) is 4.79 Å². The molecule has 0 atom stereocenters. The lowest BCUT2D eigenvalue weighted by Gasteiger charge is -1.99. The number of halogens is 1. The fraction of sp³-hybridized carbons (Fsp3) is 0.286. The number of benzene rings is 1. The van der Waals surface area contributed by atoms with Crippen LogP contribution >= 0.6 is 11.6 Å². The molecule has 0 fully saturated rings. The van der Waals surface area contributed by atoms with Crippen molar-refractivity contribution in [1.29, 1.82) is 0 Å². The van der Waals surface area contributed by atoms with E-state index in [2.05, 4.69) is 10.3 Å².